The van der Waals surface area contributed by atoms with Crippen LogP contribution in [0.3, 0.4) is 0 Å². The van der Waals surface area contributed by atoms with Crippen molar-refractivity contribution in [2.45, 2.75) is 33.1 Å². The number of rotatable bonds is 1. The third-order valence-electron chi connectivity index (χ3n) is 5.53. The van der Waals surface area contributed by atoms with Crippen LogP contribution in [0.2, 0.25) is 0 Å². The Hall–Kier alpha value is -2.67. The van der Waals surface area contributed by atoms with Crippen molar-refractivity contribution in [1.82, 2.24) is 0 Å². The van der Waals surface area contributed by atoms with Crippen molar-refractivity contribution in [3.63, 3.8) is 0 Å². The van der Waals surface area contributed by atoms with Crippen LogP contribution in [-0.2, 0) is 6.42 Å². The molecule has 2 aliphatic rings. The summed E-state index contributed by atoms with van der Waals surface area (Å²) in [5, 5.41) is 9.72. The molecule has 4 heteroatoms. The van der Waals surface area contributed by atoms with Crippen molar-refractivity contribution in [2.24, 2.45) is 11.8 Å². The summed E-state index contributed by atoms with van der Waals surface area (Å²) in [6, 6.07) is 6.07. The van der Waals surface area contributed by atoms with E-state index in [1.54, 1.807) is 19.3 Å². The van der Waals surface area contributed by atoms with Crippen molar-refractivity contribution in [3.05, 3.63) is 57.5 Å². The molecule has 1 aromatic heterocycles. The van der Waals surface area contributed by atoms with Crippen LogP contribution in [0.5, 0.6) is 0 Å². The number of nitriles is 1. The lowest BCUT2D eigenvalue weighted by Gasteiger charge is -2.36. The minimum absolute atomic E-state index is 0.0668. The van der Waals surface area contributed by atoms with E-state index in [4.69, 9.17) is 4.42 Å². The number of furan rings is 1. The number of nitrogens with zero attached hydrogens (tertiary/aromatic N) is 1. The molecule has 1 heterocycles. The molecule has 0 bridgehead atoms. The number of carbonyl (C=O) groups excluding carboxylic acids is 2. The average Bonchev–Trinajstić information content (AvgIpc) is 2.95. The van der Waals surface area contributed by atoms with E-state index in [1.165, 1.54) is 6.92 Å². The van der Waals surface area contributed by atoms with E-state index in [0.29, 0.717) is 22.5 Å². The second kappa shape index (κ2) is 4.91. The van der Waals surface area contributed by atoms with E-state index in [1.807, 2.05) is 6.07 Å². The van der Waals surface area contributed by atoms with Crippen LogP contribution in [0, 0.1) is 30.1 Å². The van der Waals surface area contributed by atoms with E-state index in [9.17, 15) is 14.9 Å². The lowest BCUT2D eigenvalue weighted by Crippen LogP contribution is -2.32. The molecular formula is C20H17NO3. The van der Waals surface area contributed by atoms with Crippen LogP contribution in [0.25, 0.3) is 0 Å². The van der Waals surface area contributed by atoms with Gasteiger partial charge in [-0.1, -0.05) is 19.1 Å². The van der Waals surface area contributed by atoms with Gasteiger partial charge in [-0.3, -0.25) is 9.59 Å². The molecule has 2 aliphatic carbocycles. The molecule has 0 radical (unpaired) electrons. The Labute approximate surface area is 140 Å². The molecule has 120 valence electrons. The topological polar surface area (TPSA) is 71.1 Å². The fourth-order valence-corrected chi connectivity index (χ4v) is 4.40. The van der Waals surface area contributed by atoms with Crippen molar-refractivity contribution in [2.75, 3.05) is 0 Å². The predicted octanol–water partition coefficient (Wildman–Crippen LogP) is 3.80. The van der Waals surface area contributed by atoms with Crippen molar-refractivity contribution < 1.29 is 14.0 Å². The second-order valence-electron chi connectivity index (χ2n) is 6.91. The van der Waals surface area contributed by atoms with Gasteiger partial charge in [0.2, 0.25) is 5.78 Å². The van der Waals surface area contributed by atoms with Crippen molar-refractivity contribution >= 4 is 11.6 Å². The van der Waals surface area contributed by atoms with Crippen LogP contribution >= 0.6 is 0 Å². The summed E-state index contributed by atoms with van der Waals surface area (Å²) in [7, 11) is 0. The Bertz CT molecular complexity index is 945. The molecule has 2 aromatic rings. The van der Waals surface area contributed by atoms with Gasteiger partial charge < -0.3 is 4.42 Å². The minimum atomic E-state index is -0.205. The Morgan fingerprint density at radius 3 is 2.79 bits per heavy atom. The number of hydrogen-bond donors (Lipinski definition) is 0. The zero-order valence-corrected chi connectivity index (χ0v) is 13.8. The first-order valence-corrected chi connectivity index (χ1v) is 8.14. The number of benzene rings is 1. The highest BCUT2D eigenvalue weighted by molar-refractivity contribution is 6.14. The van der Waals surface area contributed by atoms with Gasteiger partial charge in [0.05, 0.1) is 18.3 Å². The van der Waals surface area contributed by atoms with Crippen LogP contribution < -0.4 is 0 Å². The number of fused-ring (bicyclic) bond motifs is 2. The SMILES string of the molecule is CC(=O)c1ccc2c(c1C)C(=O)c1occ3c1C2C(C#N)C(C)C3. The van der Waals surface area contributed by atoms with E-state index in [2.05, 4.69) is 13.0 Å². The number of carbonyl (C=O) groups is 2. The first kappa shape index (κ1) is 14.9. The molecule has 3 unspecified atom stereocenters. The summed E-state index contributed by atoms with van der Waals surface area (Å²) in [6.45, 7) is 5.37. The van der Waals surface area contributed by atoms with Gasteiger partial charge in [0.15, 0.2) is 11.5 Å². The second-order valence-corrected chi connectivity index (χ2v) is 6.91. The largest absolute Gasteiger partial charge is 0.460 e. The quantitative estimate of drug-likeness (QED) is 0.750. The van der Waals surface area contributed by atoms with Crippen molar-refractivity contribution in [3.8, 4) is 6.07 Å². The summed E-state index contributed by atoms with van der Waals surface area (Å²) >= 11 is 0. The highest BCUT2D eigenvalue weighted by Crippen LogP contribution is 2.50. The van der Waals surface area contributed by atoms with Gasteiger partial charge in [-0.25, -0.2) is 0 Å². The Balaban J connectivity index is 2.05. The van der Waals surface area contributed by atoms with Gasteiger partial charge in [0.25, 0.3) is 0 Å². The summed E-state index contributed by atoms with van der Waals surface area (Å²) in [4.78, 5) is 24.8. The summed E-state index contributed by atoms with van der Waals surface area (Å²) in [6.07, 6.45) is 2.41. The normalized spacial score (nSPS) is 24.1. The zero-order valence-electron chi connectivity index (χ0n) is 13.8. The number of ketones is 2. The Morgan fingerprint density at radius 1 is 1.38 bits per heavy atom. The molecule has 24 heavy (non-hydrogen) atoms. The fraction of sp³-hybridized carbons (Fsp3) is 0.350. The van der Waals surface area contributed by atoms with Crippen LogP contribution in [0.15, 0.2) is 22.8 Å². The minimum Gasteiger partial charge on any atom is -0.460 e. The van der Waals surface area contributed by atoms with Crippen LogP contribution in [0.4, 0.5) is 0 Å². The third-order valence-corrected chi connectivity index (χ3v) is 5.53. The smallest absolute Gasteiger partial charge is 0.229 e. The van der Waals surface area contributed by atoms with Crippen LogP contribution in [-0.4, -0.2) is 11.6 Å². The van der Waals surface area contributed by atoms with Gasteiger partial charge in [0, 0.05) is 22.6 Å². The summed E-state index contributed by atoms with van der Waals surface area (Å²) in [5.74, 6) is -0.0688. The molecule has 0 spiro atoms. The standard InChI is InChI=1S/C20H17NO3/c1-9-6-12-8-24-20-17(12)18(15(9)7-21)14-5-4-13(11(3)22)10(2)16(14)19(20)23/h4-5,8-9,15,18H,6H2,1-3H3. The molecule has 4 nitrogen and oxygen atoms in total. The van der Waals surface area contributed by atoms with E-state index in [-0.39, 0.29) is 29.3 Å². The molecule has 4 rings (SSSR count). The molecule has 3 atom stereocenters. The maximum absolute atomic E-state index is 13.0. The Kier molecular flexibility index (Phi) is 3.05. The first-order valence-electron chi connectivity index (χ1n) is 8.14. The number of Topliss-reactive ketones (excluding diaryl/α,β-unsaturated/α-hetero) is 1. The van der Waals surface area contributed by atoms with Crippen LogP contribution in [0.1, 0.15) is 68.5 Å². The molecule has 0 amide bonds. The maximum Gasteiger partial charge on any atom is 0.229 e. The monoisotopic (exact) mass is 319 g/mol. The van der Waals surface area contributed by atoms with Gasteiger partial charge in [-0.2, -0.15) is 5.26 Å². The molecule has 0 N–H and O–H groups in total. The van der Waals surface area contributed by atoms with E-state index >= 15 is 0 Å². The third kappa shape index (κ3) is 1.73. The molecule has 0 saturated heterocycles. The highest BCUT2D eigenvalue weighted by Gasteiger charge is 2.45. The average molecular weight is 319 g/mol. The van der Waals surface area contributed by atoms with E-state index < -0.39 is 0 Å². The molecule has 1 aromatic carbocycles. The first-order chi connectivity index (χ1) is 11.5. The molecular weight excluding hydrogens is 302 g/mol. The lowest BCUT2D eigenvalue weighted by atomic mass is 9.64. The highest BCUT2D eigenvalue weighted by atomic mass is 16.3. The maximum atomic E-state index is 13.0. The summed E-state index contributed by atoms with van der Waals surface area (Å²) in [5.41, 5.74) is 4.54. The van der Waals surface area contributed by atoms with Gasteiger partial charge in [0.1, 0.15) is 0 Å². The van der Waals surface area contributed by atoms with Crippen molar-refractivity contribution in [1.29, 1.82) is 5.26 Å². The van der Waals surface area contributed by atoms with E-state index in [0.717, 1.165) is 23.1 Å². The summed E-state index contributed by atoms with van der Waals surface area (Å²) < 4.78 is 5.61. The molecule has 0 saturated carbocycles. The zero-order chi connectivity index (χ0) is 17.2. The predicted molar refractivity (Wildman–Crippen MR) is 87.1 cm³/mol. The lowest BCUT2D eigenvalue weighted by molar-refractivity contribution is 0.1000. The molecule has 0 aliphatic heterocycles. The molecule has 0 fully saturated rings. The fourth-order valence-electron chi connectivity index (χ4n) is 4.40. The van der Waals surface area contributed by atoms with Gasteiger partial charge in [-0.05, 0) is 42.9 Å². The number of hydrogen-bond acceptors (Lipinski definition) is 4. The van der Waals surface area contributed by atoms with Gasteiger partial charge in [-0.15, -0.1) is 0 Å². The Morgan fingerprint density at radius 2 is 2.12 bits per heavy atom. The van der Waals surface area contributed by atoms with Gasteiger partial charge >= 0.3 is 0 Å².